The number of amides is 1. The molecule has 18 heavy (non-hydrogen) atoms. The molecule has 5 heteroatoms. The molecule has 108 valence electrons. The third kappa shape index (κ3) is 5.81. The average molecular weight is 295 g/mol. The number of rotatable bonds is 5. The van der Waals surface area contributed by atoms with Crippen LogP contribution in [-0.2, 0) is 4.79 Å². The smallest absolute Gasteiger partial charge is 0.225 e. The van der Waals surface area contributed by atoms with E-state index in [1.54, 1.807) is 0 Å². The highest BCUT2D eigenvalue weighted by molar-refractivity contribution is 7.99. The first-order valence-electron chi connectivity index (χ1n) is 6.60. The van der Waals surface area contributed by atoms with Crippen molar-refractivity contribution in [2.45, 2.75) is 39.2 Å². The number of nitrogens with zero attached hydrogens (tertiary/aromatic N) is 1. The lowest BCUT2D eigenvalue weighted by Crippen LogP contribution is -2.38. The normalized spacial score (nSPS) is 18.3. The van der Waals surface area contributed by atoms with Crippen molar-refractivity contribution in [2.24, 2.45) is 17.6 Å². The second kappa shape index (κ2) is 9.05. The highest BCUT2D eigenvalue weighted by Gasteiger charge is 2.24. The molecule has 1 aliphatic heterocycles. The van der Waals surface area contributed by atoms with E-state index in [9.17, 15) is 4.79 Å². The molecule has 1 heterocycles. The summed E-state index contributed by atoms with van der Waals surface area (Å²) in [6.45, 7) is 5.05. The van der Waals surface area contributed by atoms with E-state index in [0.717, 1.165) is 37.3 Å². The quantitative estimate of drug-likeness (QED) is 0.847. The number of carbonyl (C=O) groups excluding carboxylic acids is 1. The number of hydrogen-bond donors (Lipinski definition) is 1. The minimum absolute atomic E-state index is 0. The standard InChI is InChI=1S/C13H26N2OS.ClH/c1-10(2)12(14)4-7-15(3)13(16)11-5-8-17-9-6-11;/h10-12H,4-9,14H2,1-3H3;1H. The number of thioether (sulfide) groups is 1. The molecule has 0 spiro atoms. The maximum atomic E-state index is 12.2. The van der Waals surface area contributed by atoms with Gasteiger partial charge in [-0.3, -0.25) is 4.79 Å². The molecular formula is C13H27ClN2OS. The van der Waals surface area contributed by atoms with Gasteiger partial charge in [0.25, 0.3) is 0 Å². The van der Waals surface area contributed by atoms with Crippen LogP contribution in [0.2, 0.25) is 0 Å². The lowest BCUT2D eigenvalue weighted by Gasteiger charge is -2.27. The molecule has 0 saturated carbocycles. The minimum atomic E-state index is 0. The zero-order chi connectivity index (χ0) is 12.8. The Morgan fingerprint density at radius 1 is 1.39 bits per heavy atom. The van der Waals surface area contributed by atoms with Crippen molar-refractivity contribution >= 4 is 30.1 Å². The van der Waals surface area contributed by atoms with Gasteiger partial charge in [0.1, 0.15) is 0 Å². The van der Waals surface area contributed by atoms with Crippen molar-refractivity contribution < 1.29 is 4.79 Å². The van der Waals surface area contributed by atoms with E-state index in [0.29, 0.717) is 11.8 Å². The van der Waals surface area contributed by atoms with Crippen LogP contribution in [0.5, 0.6) is 0 Å². The molecule has 1 aliphatic rings. The molecule has 1 fully saturated rings. The van der Waals surface area contributed by atoms with E-state index in [2.05, 4.69) is 13.8 Å². The first-order chi connectivity index (χ1) is 8.02. The van der Waals surface area contributed by atoms with Crippen LogP contribution in [0.25, 0.3) is 0 Å². The van der Waals surface area contributed by atoms with Gasteiger partial charge >= 0.3 is 0 Å². The van der Waals surface area contributed by atoms with Gasteiger partial charge in [-0.15, -0.1) is 12.4 Å². The Morgan fingerprint density at radius 2 is 1.94 bits per heavy atom. The third-order valence-corrected chi connectivity index (χ3v) is 4.65. The average Bonchev–Trinajstić information content (AvgIpc) is 2.35. The van der Waals surface area contributed by atoms with Crippen LogP contribution in [0, 0.1) is 11.8 Å². The van der Waals surface area contributed by atoms with Gasteiger partial charge in [-0.25, -0.2) is 0 Å². The number of nitrogens with two attached hydrogens (primary N) is 1. The van der Waals surface area contributed by atoms with Crippen LogP contribution >= 0.6 is 24.2 Å². The van der Waals surface area contributed by atoms with E-state index >= 15 is 0 Å². The van der Waals surface area contributed by atoms with Gasteiger partial charge in [-0.05, 0) is 36.7 Å². The summed E-state index contributed by atoms with van der Waals surface area (Å²) < 4.78 is 0. The molecule has 0 aromatic rings. The van der Waals surface area contributed by atoms with Gasteiger partial charge in [0.15, 0.2) is 0 Å². The van der Waals surface area contributed by atoms with Crippen molar-refractivity contribution in [1.82, 2.24) is 4.90 Å². The zero-order valence-corrected chi connectivity index (χ0v) is 13.4. The maximum absolute atomic E-state index is 12.2. The first-order valence-corrected chi connectivity index (χ1v) is 7.76. The predicted molar refractivity (Wildman–Crippen MR) is 82.4 cm³/mol. The summed E-state index contributed by atoms with van der Waals surface area (Å²) in [5, 5.41) is 0. The number of halogens is 1. The van der Waals surface area contributed by atoms with Gasteiger partial charge < -0.3 is 10.6 Å². The van der Waals surface area contributed by atoms with Gasteiger partial charge in [0.05, 0.1) is 0 Å². The second-order valence-electron chi connectivity index (χ2n) is 5.34. The summed E-state index contributed by atoms with van der Waals surface area (Å²) in [6, 6.07) is 0.201. The largest absolute Gasteiger partial charge is 0.345 e. The van der Waals surface area contributed by atoms with Crippen LogP contribution in [0.4, 0.5) is 0 Å². The molecule has 1 amide bonds. The van der Waals surface area contributed by atoms with Gasteiger partial charge in [-0.2, -0.15) is 11.8 Å². The summed E-state index contributed by atoms with van der Waals surface area (Å²) in [4.78, 5) is 14.0. The Balaban J connectivity index is 0.00000289. The summed E-state index contributed by atoms with van der Waals surface area (Å²) in [5.41, 5.74) is 6.00. The topological polar surface area (TPSA) is 46.3 Å². The van der Waals surface area contributed by atoms with Crippen LogP contribution in [0.15, 0.2) is 0 Å². The molecule has 0 aliphatic carbocycles. The minimum Gasteiger partial charge on any atom is -0.345 e. The molecule has 0 aromatic carbocycles. The van der Waals surface area contributed by atoms with Gasteiger partial charge in [0, 0.05) is 25.6 Å². The van der Waals surface area contributed by atoms with Crippen molar-refractivity contribution in [1.29, 1.82) is 0 Å². The fourth-order valence-electron chi connectivity index (χ4n) is 2.04. The summed E-state index contributed by atoms with van der Waals surface area (Å²) >= 11 is 1.96. The molecule has 3 nitrogen and oxygen atoms in total. The zero-order valence-electron chi connectivity index (χ0n) is 11.7. The summed E-state index contributed by atoms with van der Waals surface area (Å²) in [5.74, 6) is 3.34. The number of carbonyl (C=O) groups is 1. The monoisotopic (exact) mass is 294 g/mol. The summed E-state index contributed by atoms with van der Waals surface area (Å²) in [7, 11) is 1.91. The Hall–Kier alpha value is 0.0700. The van der Waals surface area contributed by atoms with Crippen LogP contribution < -0.4 is 5.73 Å². The van der Waals surface area contributed by atoms with Crippen molar-refractivity contribution in [2.75, 3.05) is 25.1 Å². The highest BCUT2D eigenvalue weighted by atomic mass is 35.5. The van der Waals surface area contributed by atoms with Gasteiger partial charge in [0.2, 0.25) is 5.91 Å². The number of hydrogen-bond acceptors (Lipinski definition) is 3. The van der Waals surface area contributed by atoms with Crippen molar-refractivity contribution in [3.63, 3.8) is 0 Å². The Kier molecular flexibility index (Phi) is 9.09. The second-order valence-corrected chi connectivity index (χ2v) is 6.57. The van der Waals surface area contributed by atoms with E-state index in [-0.39, 0.29) is 24.4 Å². The van der Waals surface area contributed by atoms with Crippen molar-refractivity contribution in [3.05, 3.63) is 0 Å². The molecule has 1 atom stereocenters. The molecule has 2 N–H and O–H groups in total. The molecule has 1 unspecified atom stereocenters. The van der Waals surface area contributed by atoms with E-state index < -0.39 is 0 Å². The van der Waals surface area contributed by atoms with E-state index in [4.69, 9.17) is 5.73 Å². The first kappa shape index (κ1) is 18.1. The highest BCUT2D eigenvalue weighted by Crippen LogP contribution is 2.24. The molecule has 0 radical (unpaired) electrons. The lowest BCUT2D eigenvalue weighted by molar-refractivity contribution is -0.134. The predicted octanol–water partition coefficient (Wildman–Crippen LogP) is 2.38. The molecular weight excluding hydrogens is 268 g/mol. The Bertz CT molecular complexity index is 245. The maximum Gasteiger partial charge on any atom is 0.225 e. The molecule has 1 saturated heterocycles. The fraction of sp³-hybridized carbons (Fsp3) is 0.923. The summed E-state index contributed by atoms with van der Waals surface area (Å²) in [6.07, 6.45) is 3.00. The van der Waals surface area contributed by atoms with Crippen LogP contribution in [0.3, 0.4) is 0 Å². The lowest BCUT2D eigenvalue weighted by atomic mass is 9.99. The molecule has 1 rings (SSSR count). The molecule has 0 bridgehead atoms. The van der Waals surface area contributed by atoms with E-state index in [1.807, 2.05) is 23.7 Å². The molecule has 0 aromatic heterocycles. The van der Waals surface area contributed by atoms with Crippen molar-refractivity contribution in [3.8, 4) is 0 Å². The SMILES string of the molecule is CC(C)C(N)CCN(C)C(=O)C1CCSCC1.Cl. The Morgan fingerprint density at radius 3 is 2.44 bits per heavy atom. The van der Waals surface area contributed by atoms with Crippen LogP contribution in [0.1, 0.15) is 33.1 Å². The van der Waals surface area contributed by atoms with Gasteiger partial charge in [-0.1, -0.05) is 13.8 Å². The fourth-order valence-corrected chi connectivity index (χ4v) is 3.15. The third-order valence-electron chi connectivity index (χ3n) is 3.60. The van der Waals surface area contributed by atoms with E-state index in [1.165, 1.54) is 0 Å². The Labute approximate surface area is 122 Å². The van der Waals surface area contributed by atoms with Crippen LogP contribution in [-0.4, -0.2) is 41.9 Å².